The summed E-state index contributed by atoms with van der Waals surface area (Å²) in [5, 5.41) is 13.9. The fourth-order valence-electron chi connectivity index (χ4n) is 2.62. The number of amides is 1. The average Bonchev–Trinajstić information content (AvgIpc) is 2.41. The number of benzene rings is 1. The van der Waals surface area contributed by atoms with Gasteiger partial charge in [0.1, 0.15) is 11.5 Å². The van der Waals surface area contributed by atoms with Gasteiger partial charge in [0, 0.05) is 6.04 Å². The number of hydrogen-bond donors (Lipinski definition) is 2. The maximum absolute atomic E-state index is 13.1. The molecule has 2 rings (SSSR count). The van der Waals surface area contributed by atoms with Gasteiger partial charge in [-0.05, 0) is 25.0 Å². The first-order valence-electron chi connectivity index (χ1n) is 6.49. The second-order valence-electron chi connectivity index (χ2n) is 4.96. The van der Waals surface area contributed by atoms with Crippen LogP contribution >= 0.6 is 0 Å². The number of carbonyl (C=O) groups excluding carboxylic acids is 1. The maximum Gasteiger partial charge on any atom is 0.295 e. The van der Waals surface area contributed by atoms with Crippen LogP contribution in [0.1, 0.15) is 25.7 Å². The summed E-state index contributed by atoms with van der Waals surface area (Å²) in [6.07, 6.45) is 3.22. The molecule has 6 nitrogen and oxygen atoms in total. The normalized spacial score (nSPS) is 22.2. The molecule has 0 radical (unpaired) electrons. The first-order chi connectivity index (χ1) is 9.49. The van der Waals surface area contributed by atoms with Crippen molar-refractivity contribution in [1.82, 2.24) is 0 Å². The van der Waals surface area contributed by atoms with E-state index in [1.165, 1.54) is 6.07 Å². The van der Waals surface area contributed by atoms with Gasteiger partial charge in [0.2, 0.25) is 5.91 Å². The summed E-state index contributed by atoms with van der Waals surface area (Å²) in [5.74, 6) is -1.43. The topological polar surface area (TPSA) is 98.3 Å². The van der Waals surface area contributed by atoms with Crippen LogP contribution in [0.15, 0.2) is 18.2 Å². The molecular weight excluding hydrogens is 265 g/mol. The van der Waals surface area contributed by atoms with Crippen molar-refractivity contribution in [2.75, 3.05) is 5.32 Å². The van der Waals surface area contributed by atoms with E-state index in [1.807, 2.05) is 0 Å². The molecule has 0 spiro atoms. The zero-order valence-corrected chi connectivity index (χ0v) is 10.8. The molecule has 1 aromatic rings. The van der Waals surface area contributed by atoms with Gasteiger partial charge < -0.3 is 11.1 Å². The lowest BCUT2D eigenvalue weighted by Crippen LogP contribution is -2.40. The lowest BCUT2D eigenvalue weighted by Gasteiger charge is -2.30. The van der Waals surface area contributed by atoms with E-state index in [4.69, 9.17) is 5.73 Å². The standard InChI is InChI=1S/C13H16FN3O3/c14-8-5-6-11(12(7-8)17(19)20)16-10-4-2-1-3-9(10)13(15)18/h5-7,9-10,16H,1-4H2,(H2,15,18). The summed E-state index contributed by atoms with van der Waals surface area (Å²) in [4.78, 5) is 21.7. The molecule has 0 saturated heterocycles. The van der Waals surface area contributed by atoms with Crippen molar-refractivity contribution in [3.63, 3.8) is 0 Å². The Morgan fingerprint density at radius 1 is 1.40 bits per heavy atom. The van der Waals surface area contributed by atoms with Crippen LogP contribution in [0.3, 0.4) is 0 Å². The minimum Gasteiger partial charge on any atom is -0.376 e. The predicted octanol–water partition coefficient (Wildman–Crippen LogP) is 2.19. The van der Waals surface area contributed by atoms with Crippen molar-refractivity contribution in [3.05, 3.63) is 34.1 Å². The van der Waals surface area contributed by atoms with Crippen molar-refractivity contribution in [2.45, 2.75) is 31.7 Å². The molecule has 0 aromatic heterocycles. The summed E-state index contributed by atoms with van der Waals surface area (Å²) in [7, 11) is 0. The number of nitrogens with one attached hydrogen (secondary N) is 1. The lowest BCUT2D eigenvalue weighted by atomic mass is 9.84. The molecule has 1 aromatic carbocycles. The molecule has 1 aliphatic rings. The number of primary amides is 1. The van der Waals surface area contributed by atoms with E-state index in [0.717, 1.165) is 25.0 Å². The summed E-state index contributed by atoms with van der Waals surface area (Å²) in [5.41, 5.74) is 5.24. The fourth-order valence-corrected chi connectivity index (χ4v) is 2.62. The van der Waals surface area contributed by atoms with Crippen molar-refractivity contribution in [1.29, 1.82) is 0 Å². The quantitative estimate of drug-likeness (QED) is 0.652. The van der Waals surface area contributed by atoms with Crippen LogP contribution in [0.25, 0.3) is 0 Å². The largest absolute Gasteiger partial charge is 0.376 e. The fraction of sp³-hybridized carbons (Fsp3) is 0.462. The van der Waals surface area contributed by atoms with Crippen molar-refractivity contribution >= 4 is 17.3 Å². The SMILES string of the molecule is NC(=O)C1CCCCC1Nc1ccc(F)cc1[N+](=O)[O-]. The lowest BCUT2D eigenvalue weighted by molar-refractivity contribution is -0.384. The zero-order valence-electron chi connectivity index (χ0n) is 10.8. The Kier molecular flexibility index (Phi) is 4.16. The minimum atomic E-state index is -0.669. The predicted molar refractivity (Wildman–Crippen MR) is 71.6 cm³/mol. The van der Waals surface area contributed by atoms with Crippen molar-refractivity contribution in [2.24, 2.45) is 11.7 Å². The number of nitrogens with two attached hydrogens (primary N) is 1. The van der Waals surface area contributed by atoms with Crippen LogP contribution in [0.2, 0.25) is 0 Å². The molecule has 2 unspecified atom stereocenters. The molecule has 2 atom stereocenters. The Morgan fingerprint density at radius 3 is 2.75 bits per heavy atom. The molecule has 7 heteroatoms. The van der Waals surface area contributed by atoms with Gasteiger partial charge in [0.15, 0.2) is 0 Å². The molecule has 1 aliphatic carbocycles. The molecule has 1 amide bonds. The number of anilines is 1. The number of nitro groups is 1. The molecule has 3 N–H and O–H groups in total. The van der Waals surface area contributed by atoms with Crippen LogP contribution in [0, 0.1) is 21.8 Å². The number of halogens is 1. The summed E-state index contributed by atoms with van der Waals surface area (Å²) in [6, 6.07) is 3.09. The molecule has 1 fully saturated rings. The van der Waals surface area contributed by atoms with E-state index >= 15 is 0 Å². The molecule has 0 bridgehead atoms. The number of nitro benzene ring substituents is 1. The first-order valence-corrected chi connectivity index (χ1v) is 6.49. The second kappa shape index (κ2) is 5.85. The molecule has 108 valence electrons. The van der Waals surface area contributed by atoms with E-state index in [0.29, 0.717) is 12.8 Å². The van der Waals surface area contributed by atoms with Gasteiger partial charge in [-0.3, -0.25) is 14.9 Å². The van der Waals surface area contributed by atoms with Crippen LogP contribution in [-0.2, 0) is 4.79 Å². The third kappa shape index (κ3) is 3.04. The highest BCUT2D eigenvalue weighted by Crippen LogP contribution is 2.31. The van der Waals surface area contributed by atoms with E-state index in [-0.39, 0.29) is 23.3 Å². The Bertz CT molecular complexity index is 536. The van der Waals surface area contributed by atoms with Crippen molar-refractivity contribution in [3.8, 4) is 0 Å². The Hall–Kier alpha value is -2.18. The summed E-state index contributed by atoms with van der Waals surface area (Å²) in [6.45, 7) is 0. The number of hydrogen-bond acceptors (Lipinski definition) is 4. The van der Waals surface area contributed by atoms with E-state index in [1.54, 1.807) is 0 Å². The van der Waals surface area contributed by atoms with Gasteiger partial charge in [0.25, 0.3) is 5.69 Å². The number of rotatable bonds is 4. The average molecular weight is 281 g/mol. The van der Waals surface area contributed by atoms with E-state index in [2.05, 4.69) is 5.32 Å². The van der Waals surface area contributed by atoms with Gasteiger partial charge in [-0.1, -0.05) is 12.8 Å². The molecular formula is C13H16FN3O3. The number of carbonyl (C=O) groups is 1. The zero-order chi connectivity index (χ0) is 14.7. The Morgan fingerprint density at radius 2 is 2.10 bits per heavy atom. The molecule has 20 heavy (non-hydrogen) atoms. The highest BCUT2D eigenvalue weighted by Gasteiger charge is 2.30. The van der Waals surface area contributed by atoms with E-state index < -0.39 is 16.6 Å². The third-order valence-corrected chi connectivity index (χ3v) is 3.63. The van der Waals surface area contributed by atoms with Crippen LogP contribution in [0.5, 0.6) is 0 Å². The molecule has 1 saturated carbocycles. The Labute approximate surface area is 115 Å². The third-order valence-electron chi connectivity index (χ3n) is 3.63. The van der Waals surface area contributed by atoms with Crippen LogP contribution < -0.4 is 11.1 Å². The smallest absolute Gasteiger partial charge is 0.295 e. The maximum atomic E-state index is 13.1. The summed E-state index contributed by atoms with van der Waals surface area (Å²) < 4.78 is 13.1. The molecule has 0 aliphatic heterocycles. The van der Waals surface area contributed by atoms with Gasteiger partial charge in [-0.15, -0.1) is 0 Å². The summed E-state index contributed by atoms with van der Waals surface area (Å²) >= 11 is 0. The van der Waals surface area contributed by atoms with Crippen LogP contribution in [-0.4, -0.2) is 16.9 Å². The Balaban J connectivity index is 2.24. The van der Waals surface area contributed by atoms with Gasteiger partial charge in [0.05, 0.1) is 16.9 Å². The first kappa shape index (κ1) is 14.2. The monoisotopic (exact) mass is 281 g/mol. The highest BCUT2D eigenvalue weighted by molar-refractivity contribution is 5.78. The second-order valence-corrected chi connectivity index (χ2v) is 4.96. The van der Waals surface area contributed by atoms with Crippen LogP contribution in [0.4, 0.5) is 15.8 Å². The van der Waals surface area contributed by atoms with Gasteiger partial charge in [-0.25, -0.2) is 4.39 Å². The molecule has 0 heterocycles. The highest BCUT2D eigenvalue weighted by atomic mass is 19.1. The van der Waals surface area contributed by atoms with Crippen molar-refractivity contribution < 1.29 is 14.1 Å². The van der Waals surface area contributed by atoms with Gasteiger partial charge >= 0.3 is 0 Å². The van der Waals surface area contributed by atoms with Gasteiger partial charge in [-0.2, -0.15) is 0 Å². The number of nitrogens with zero attached hydrogens (tertiary/aromatic N) is 1. The minimum absolute atomic E-state index is 0.217. The van der Waals surface area contributed by atoms with E-state index in [9.17, 15) is 19.3 Å².